The van der Waals surface area contributed by atoms with Crippen molar-refractivity contribution in [2.24, 2.45) is 23.0 Å². The van der Waals surface area contributed by atoms with Gasteiger partial charge in [0.15, 0.2) is 11.4 Å². The Morgan fingerprint density at radius 3 is 2.35 bits per heavy atom. The van der Waals surface area contributed by atoms with Crippen molar-refractivity contribution >= 4 is 29.5 Å². The normalized spacial score (nSPS) is 24.4. The van der Waals surface area contributed by atoms with E-state index in [0.29, 0.717) is 0 Å². The third-order valence-corrected chi connectivity index (χ3v) is 8.99. The number of aromatic hydroxyl groups is 1. The maximum Gasteiger partial charge on any atom is 0.413 e. The minimum Gasteiger partial charge on any atom is -0.510 e. The van der Waals surface area contributed by atoms with E-state index in [9.17, 15) is 49.5 Å². The number of hydrogen-bond acceptors (Lipinski definition) is 13. The number of carbonyl (C=O) groups is 5. The van der Waals surface area contributed by atoms with Crippen LogP contribution in [0, 0.1) is 17.3 Å². The summed E-state index contributed by atoms with van der Waals surface area (Å²) in [6.45, 7) is 7.39. The van der Waals surface area contributed by atoms with Gasteiger partial charge in [-0.15, -0.1) is 6.58 Å². The number of ketones is 2. The van der Waals surface area contributed by atoms with Gasteiger partial charge < -0.3 is 45.6 Å². The van der Waals surface area contributed by atoms with Gasteiger partial charge in [-0.2, -0.15) is 0 Å². The number of likely N-dealkylation sites (N-methyl/N-ethyl adjacent to an activating group) is 1. The highest BCUT2D eigenvalue weighted by Crippen LogP contribution is 2.52. The Labute approximate surface area is 276 Å². The van der Waals surface area contributed by atoms with E-state index in [1.54, 1.807) is 20.8 Å². The number of ether oxygens (including phenoxy) is 2. The molecule has 0 bridgehead atoms. The van der Waals surface area contributed by atoms with Crippen LogP contribution in [0.3, 0.4) is 0 Å². The first kappa shape index (κ1) is 36.1. The van der Waals surface area contributed by atoms with Crippen LogP contribution in [0.4, 0.5) is 4.79 Å². The molecule has 1 aromatic carbocycles. The molecule has 0 saturated heterocycles. The maximum atomic E-state index is 14.0. The van der Waals surface area contributed by atoms with Gasteiger partial charge >= 0.3 is 12.1 Å². The number of benzene rings is 1. The van der Waals surface area contributed by atoms with Gasteiger partial charge in [-0.25, -0.2) is 4.79 Å². The van der Waals surface area contributed by atoms with E-state index in [-0.39, 0.29) is 48.2 Å². The number of allylic oxidation sites excluding steroid dienone is 1. The van der Waals surface area contributed by atoms with Crippen molar-refractivity contribution in [2.75, 3.05) is 34.0 Å². The lowest BCUT2D eigenvalue weighted by Crippen LogP contribution is -2.63. The molecule has 1 aromatic rings. The monoisotopic (exact) mass is 671 g/mol. The minimum atomic E-state index is -2.79. The van der Waals surface area contributed by atoms with E-state index < -0.39 is 94.2 Å². The molecule has 15 heteroatoms. The number of nitrogens with zero attached hydrogens (tertiary/aromatic N) is 2. The van der Waals surface area contributed by atoms with Crippen LogP contribution in [-0.2, 0) is 30.3 Å². The predicted octanol–water partition coefficient (Wildman–Crippen LogP) is 1.33. The number of aliphatic hydroxyl groups is 4. The average Bonchev–Trinajstić information content (AvgIpc) is 2.97. The average molecular weight is 672 g/mol. The Hall–Kier alpha value is -4.73. The summed E-state index contributed by atoms with van der Waals surface area (Å²) in [5.41, 5.74) is 0.561. The summed E-state index contributed by atoms with van der Waals surface area (Å²) < 4.78 is 10.0. The van der Waals surface area contributed by atoms with Crippen LogP contribution in [-0.4, -0.2) is 110 Å². The molecule has 48 heavy (non-hydrogen) atoms. The first-order valence-electron chi connectivity index (χ1n) is 15.2. The van der Waals surface area contributed by atoms with Crippen LogP contribution >= 0.6 is 0 Å². The van der Waals surface area contributed by atoms with Crippen molar-refractivity contribution in [3.05, 3.63) is 64.1 Å². The van der Waals surface area contributed by atoms with Crippen molar-refractivity contribution in [1.29, 1.82) is 0 Å². The standard InChI is InChI=1S/C33H41N3O12/c1-7-10-36(31(45)48-14-47-30(44)32(2,3)4)13-20(38)16-8-9-19(37)22-17(16)11-15-12-18-24(35(5)6)26(40)23(29(34)43)28(42)33(18,46)27(41)21(15)25(22)39/h7-9,15,18,20,24,37-38,40-41,46H,1,10-14H2,2-6H3,(H2,34,43)/t15-,18-,20-,24-,33-/m0/s1. The van der Waals surface area contributed by atoms with Crippen LogP contribution in [0.25, 0.3) is 0 Å². The fourth-order valence-electron chi connectivity index (χ4n) is 6.71. The van der Waals surface area contributed by atoms with Crippen molar-refractivity contribution < 1.29 is 59.0 Å². The molecule has 7 N–H and O–H groups in total. The number of nitrogens with two attached hydrogens (primary N) is 1. The lowest BCUT2D eigenvalue weighted by atomic mass is 9.58. The molecule has 3 aliphatic rings. The molecule has 0 saturated carbocycles. The molecular weight excluding hydrogens is 630 g/mol. The molecule has 0 radical (unpaired) electrons. The summed E-state index contributed by atoms with van der Waals surface area (Å²) in [4.78, 5) is 67.0. The van der Waals surface area contributed by atoms with Crippen molar-refractivity contribution in [2.45, 2.75) is 51.4 Å². The molecule has 15 nitrogen and oxygen atoms in total. The molecule has 4 rings (SSSR count). The lowest BCUT2D eigenvalue weighted by molar-refractivity contribution is -0.162. The number of esters is 1. The number of Topliss-reactive ketones (excluding diaryl/α,β-unsaturated/α-hetero) is 2. The second kappa shape index (κ2) is 13.1. The fraction of sp³-hybridized carbons (Fsp3) is 0.485. The molecule has 260 valence electrons. The molecule has 2 amide bonds. The maximum absolute atomic E-state index is 14.0. The number of amides is 2. The molecule has 5 atom stereocenters. The highest BCUT2D eigenvalue weighted by atomic mass is 16.7. The quantitative estimate of drug-likeness (QED) is 0.0941. The van der Waals surface area contributed by atoms with E-state index in [1.165, 1.54) is 31.1 Å². The Bertz CT molecular complexity index is 1640. The smallest absolute Gasteiger partial charge is 0.413 e. The molecule has 0 aromatic heterocycles. The summed E-state index contributed by atoms with van der Waals surface area (Å²) in [5, 5.41) is 56.3. The third-order valence-electron chi connectivity index (χ3n) is 8.99. The Kier molecular flexibility index (Phi) is 9.82. The summed E-state index contributed by atoms with van der Waals surface area (Å²) >= 11 is 0. The van der Waals surface area contributed by atoms with Gasteiger partial charge in [0.25, 0.3) is 5.91 Å². The zero-order valence-electron chi connectivity index (χ0n) is 27.3. The van der Waals surface area contributed by atoms with Gasteiger partial charge in [-0.1, -0.05) is 12.1 Å². The van der Waals surface area contributed by atoms with Crippen LogP contribution < -0.4 is 5.73 Å². The highest BCUT2D eigenvalue weighted by Gasteiger charge is 2.63. The van der Waals surface area contributed by atoms with Gasteiger partial charge in [-0.3, -0.25) is 24.1 Å². The van der Waals surface area contributed by atoms with Gasteiger partial charge in [0.2, 0.25) is 12.6 Å². The van der Waals surface area contributed by atoms with Crippen LogP contribution in [0.5, 0.6) is 5.75 Å². The second-order valence-electron chi connectivity index (χ2n) is 13.4. The largest absolute Gasteiger partial charge is 0.510 e. The number of hydrogen-bond donors (Lipinski definition) is 6. The molecule has 3 aliphatic carbocycles. The molecule has 0 aliphatic heterocycles. The number of aliphatic hydroxyl groups excluding tert-OH is 3. The van der Waals surface area contributed by atoms with Gasteiger partial charge in [0, 0.05) is 18.0 Å². The number of phenols is 1. The van der Waals surface area contributed by atoms with E-state index in [4.69, 9.17) is 15.2 Å². The predicted molar refractivity (Wildman–Crippen MR) is 167 cm³/mol. The highest BCUT2D eigenvalue weighted by molar-refractivity contribution is 6.24. The summed E-state index contributed by atoms with van der Waals surface area (Å²) in [6.07, 6.45) is -1.19. The van der Waals surface area contributed by atoms with E-state index in [1.807, 2.05) is 0 Å². The molecule has 0 spiro atoms. The Balaban J connectivity index is 1.70. The van der Waals surface area contributed by atoms with Crippen molar-refractivity contribution in [3.63, 3.8) is 0 Å². The first-order valence-corrected chi connectivity index (χ1v) is 15.2. The van der Waals surface area contributed by atoms with Gasteiger partial charge in [0.05, 0.1) is 29.7 Å². The second-order valence-corrected chi connectivity index (χ2v) is 13.4. The number of phenolic OH excluding ortho intramolecular Hbond substituents is 1. The Morgan fingerprint density at radius 2 is 1.79 bits per heavy atom. The zero-order chi connectivity index (χ0) is 36.0. The van der Waals surface area contributed by atoms with E-state index in [2.05, 4.69) is 6.58 Å². The summed E-state index contributed by atoms with van der Waals surface area (Å²) in [5.74, 6) is -8.49. The van der Waals surface area contributed by atoms with E-state index >= 15 is 0 Å². The van der Waals surface area contributed by atoms with Gasteiger partial charge in [-0.05, 0) is 70.8 Å². The number of primary amides is 1. The van der Waals surface area contributed by atoms with Crippen LogP contribution in [0.1, 0.15) is 54.8 Å². The molecule has 0 fully saturated rings. The third kappa shape index (κ3) is 6.04. The van der Waals surface area contributed by atoms with Crippen LogP contribution in [0.15, 0.2) is 47.5 Å². The molecule has 0 heterocycles. The zero-order valence-corrected chi connectivity index (χ0v) is 27.3. The topological polar surface area (TPSA) is 237 Å². The SMILES string of the molecule is C=CCN(C[C@H](O)c1ccc(O)c2c1C[C@H]1C[C@H]3[C@H](N(C)C)C(O)=C(C(N)=O)C(=O)[C@@]3(O)C(O)=C1C2=O)C(=O)OCOC(=O)C(C)(C)C. The summed E-state index contributed by atoms with van der Waals surface area (Å²) in [6, 6.07) is 1.36. The number of carbonyl (C=O) groups excluding carboxylic acids is 5. The summed E-state index contributed by atoms with van der Waals surface area (Å²) in [7, 11) is 3.04. The minimum absolute atomic E-state index is 0.0655. The number of fused-ring (bicyclic) bond motifs is 3. The molecular formula is C33H41N3O12. The molecule has 0 unspecified atom stereocenters. The van der Waals surface area contributed by atoms with E-state index in [0.717, 1.165) is 11.0 Å². The van der Waals surface area contributed by atoms with Crippen molar-refractivity contribution in [3.8, 4) is 5.75 Å². The fourth-order valence-corrected chi connectivity index (χ4v) is 6.71. The van der Waals surface area contributed by atoms with Gasteiger partial charge in [0.1, 0.15) is 22.8 Å². The van der Waals surface area contributed by atoms with Crippen molar-refractivity contribution in [1.82, 2.24) is 9.80 Å². The first-order chi connectivity index (χ1) is 22.3. The Morgan fingerprint density at radius 1 is 1.15 bits per heavy atom. The lowest BCUT2D eigenvalue weighted by Gasteiger charge is -2.50. The van der Waals surface area contributed by atoms with Crippen LogP contribution in [0.2, 0.25) is 0 Å². The number of rotatable bonds is 9.